The molecular formula is C12H16N4O3. The molecule has 0 aliphatic heterocycles. The number of aromatic nitrogens is 3. The van der Waals surface area contributed by atoms with Gasteiger partial charge in [-0.05, 0) is 12.5 Å². The second-order valence-electron chi connectivity index (χ2n) is 4.18. The number of para-hydroxylation sites is 2. The van der Waals surface area contributed by atoms with Gasteiger partial charge in [-0.2, -0.15) is 0 Å². The Morgan fingerprint density at radius 1 is 1.32 bits per heavy atom. The minimum absolute atomic E-state index is 0.0161. The predicted molar refractivity (Wildman–Crippen MR) is 69.2 cm³/mol. The third kappa shape index (κ3) is 2.65. The smallest absolute Gasteiger partial charge is 0.461 e. The zero-order valence-corrected chi connectivity index (χ0v) is 10.9. The number of nitrogens with one attached hydrogen (secondary N) is 1. The van der Waals surface area contributed by atoms with Crippen LogP contribution >= 0.6 is 0 Å². The first-order valence-electron chi connectivity index (χ1n) is 6.05. The molecule has 0 amide bonds. The highest BCUT2D eigenvalue weighted by molar-refractivity contribution is 5.67. The summed E-state index contributed by atoms with van der Waals surface area (Å²) in [6.07, 6.45) is 0.751. The van der Waals surface area contributed by atoms with Gasteiger partial charge in [0.1, 0.15) is 0 Å². The van der Waals surface area contributed by atoms with Crippen LogP contribution in [0.2, 0.25) is 0 Å². The van der Waals surface area contributed by atoms with E-state index in [0.717, 1.165) is 6.42 Å². The van der Waals surface area contributed by atoms with E-state index in [-0.39, 0.29) is 23.0 Å². The number of methoxy groups -OCH3 is 1. The maximum absolute atomic E-state index is 12.1. The van der Waals surface area contributed by atoms with Gasteiger partial charge in [0.2, 0.25) is 5.10 Å². The Bertz CT molecular complexity index is 576. The predicted octanol–water partition coefficient (Wildman–Crippen LogP) is 0.338. The van der Waals surface area contributed by atoms with Crippen LogP contribution < -0.4 is 14.9 Å². The van der Waals surface area contributed by atoms with Gasteiger partial charge in [0.25, 0.3) is 5.52 Å². The highest BCUT2D eigenvalue weighted by Crippen LogP contribution is 2.07. The molecule has 1 atom stereocenters. The zero-order chi connectivity index (χ0) is 13.8. The van der Waals surface area contributed by atoms with Gasteiger partial charge in [0.05, 0.1) is 12.6 Å². The molecule has 7 nitrogen and oxygen atoms in total. The molecular weight excluding hydrogens is 248 g/mol. The lowest BCUT2D eigenvalue weighted by Crippen LogP contribution is -2.45. The summed E-state index contributed by atoms with van der Waals surface area (Å²) in [5, 5.41) is 30.5. The Morgan fingerprint density at radius 2 is 2.00 bits per heavy atom. The van der Waals surface area contributed by atoms with Crippen molar-refractivity contribution < 1.29 is 14.3 Å². The lowest BCUT2D eigenvalue weighted by molar-refractivity contribution is -0.672. The van der Waals surface area contributed by atoms with Crippen LogP contribution in [0.1, 0.15) is 13.3 Å². The van der Waals surface area contributed by atoms with E-state index in [0.29, 0.717) is 16.2 Å². The Kier molecular flexibility index (Phi) is 3.96. The highest BCUT2D eigenvalue weighted by Gasteiger charge is 2.22. The standard InChI is InChI=1S/C12H16N4O3/c1-3-9(8-19-2)13-12-14-16(18)11-7-5-4-6-10(11)15(12)17/h4-7,9H,3,8H2,1-2H3,(H,13,14). The van der Waals surface area contributed by atoms with Crippen molar-refractivity contribution in [3.05, 3.63) is 34.7 Å². The van der Waals surface area contributed by atoms with Gasteiger partial charge >= 0.3 is 5.95 Å². The molecule has 0 aliphatic carbocycles. The van der Waals surface area contributed by atoms with Crippen molar-refractivity contribution in [3.8, 4) is 0 Å². The van der Waals surface area contributed by atoms with E-state index in [1.807, 2.05) is 6.92 Å². The van der Waals surface area contributed by atoms with Crippen LogP contribution in [0.4, 0.5) is 5.95 Å². The largest absolute Gasteiger partial charge is 0.739 e. The first-order chi connectivity index (χ1) is 9.17. The number of nitrogens with zero attached hydrogens (tertiary/aromatic N) is 3. The summed E-state index contributed by atoms with van der Waals surface area (Å²) in [6.45, 7) is 2.39. The van der Waals surface area contributed by atoms with Crippen LogP contribution in [0.3, 0.4) is 0 Å². The van der Waals surface area contributed by atoms with Crippen molar-refractivity contribution in [1.29, 1.82) is 0 Å². The van der Waals surface area contributed by atoms with Gasteiger partial charge in [-0.3, -0.25) is 5.32 Å². The van der Waals surface area contributed by atoms with E-state index < -0.39 is 0 Å². The van der Waals surface area contributed by atoms with Crippen molar-refractivity contribution in [2.24, 2.45) is 0 Å². The van der Waals surface area contributed by atoms with Gasteiger partial charge in [0.15, 0.2) is 5.52 Å². The lowest BCUT2D eigenvalue weighted by atomic mass is 10.2. The number of anilines is 1. The van der Waals surface area contributed by atoms with Crippen molar-refractivity contribution >= 4 is 17.0 Å². The molecule has 1 aromatic carbocycles. The van der Waals surface area contributed by atoms with Gasteiger partial charge in [0, 0.05) is 18.0 Å². The molecule has 19 heavy (non-hydrogen) atoms. The number of ether oxygens (including phenoxy) is 1. The fourth-order valence-electron chi connectivity index (χ4n) is 1.83. The molecule has 7 heteroatoms. The number of benzene rings is 1. The average molecular weight is 264 g/mol. The number of hydrogen-bond acceptors (Lipinski definition) is 5. The number of hydrogen-bond donors (Lipinski definition) is 1. The Morgan fingerprint density at radius 3 is 2.63 bits per heavy atom. The fraction of sp³-hybridized carbons (Fsp3) is 0.417. The average Bonchev–Trinajstić information content (AvgIpc) is 2.44. The normalized spacial score (nSPS) is 12.5. The monoisotopic (exact) mass is 264 g/mol. The summed E-state index contributed by atoms with van der Waals surface area (Å²) in [5.41, 5.74) is 0.519. The molecule has 0 aliphatic rings. The summed E-state index contributed by atoms with van der Waals surface area (Å²) >= 11 is 0. The number of fused-ring (bicyclic) bond motifs is 1. The molecule has 1 aromatic heterocycles. The van der Waals surface area contributed by atoms with Gasteiger partial charge in [-0.1, -0.05) is 19.1 Å². The van der Waals surface area contributed by atoms with Crippen molar-refractivity contribution in [3.63, 3.8) is 0 Å². The SMILES string of the molecule is CCC(COC)Nc1n[n+]([O-])c2ccccc2[n+]1[O-]. The van der Waals surface area contributed by atoms with E-state index >= 15 is 0 Å². The summed E-state index contributed by atoms with van der Waals surface area (Å²) in [7, 11) is 1.58. The molecule has 0 bridgehead atoms. The molecule has 0 saturated heterocycles. The second kappa shape index (κ2) is 5.66. The van der Waals surface area contributed by atoms with Crippen LogP contribution in [0.5, 0.6) is 0 Å². The van der Waals surface area contributed by atoms with Crippen molar-refractivity contribution in [2.75, 3.05) is 19.0 Å². The van der Waals surface area contributed by atoms with Crippen LogP contribution in [0.25, 0.3) is 11.0 Å². The molecule has 1 N–H and O–H groups in total. The van der Waals surface area contributed by atoms with Gasteiger partial charge in [-0.15, -0.1) is 0 Å². The minimum Gasteiger partial charge on any atom is -0.739 e. The lowest BCUT2D eigenvalue weighted by Gasteiger charge is -2.14. The minimum atomic E-state index is -0.0705. The molecule has 2 rings (SSSR count). The van der Waals surface area contributed by atoms with E-state index in [4.69, 9.17) is 4.74 Å². The third-order valence-electron chi connectivity index (χ3n) is 2.88. The molecule has 0 saturated carbocycles. The molecule has 0 radical (unpaired) electrons. The van der Waals surface area contributed by atoms with Gasteiger partial charge < -0.3 is 15.2 Å². The van der Waals surface area contributed by atoms with E-state index in [9.17, 15) is 10.4 Å². The molecule has 2 aromatic rings. The first kappa shape index (κ1) is 13.3. The van der Waals surface area contributed by atoms with E-state index in [2.05, 4.69) is 10.4 Å². The van der Waals surface area contributed by atoms with Crippen molar-refractivity contribution in [1.82, 2.24) is 5.10 Å². The van der Waals surface area contributed by atoms with Crippen molar-refractivity contribution in [2.45, 2.75) is 19.4 Å². The summed E-state index contributed by atoms with van der Waals surface area (Å²) < 4.78 is 5.67. The number of rotatable bonds is 5. The maximum atomic E-state index is 12.1. The Labute approximate surface area is 110 Å². The summed E-state index contributed by atoms with van der Waals surface area (Å²) in [5.74, 6) is -0.0161. The van der Waals surface area contributed by atoms with E-state index in [1.54, 1.807) is 31.4 Å². The quantitative estimate of drug-likeness (QED) is 0.621. The van der Waals surface area contributed by atoms with Gasteiger partial charge in [-0.25, -0.2) is 4.73 Å². The van der Waals surface area contributed by atoms with Crippen LogP contribution in [0.15, 0.2) is 24.3 Å². The highest BCUT2D eigenvalue weighted by atomic mass is 16.5. The molecule has 0 fully saturated rings. The molecule has 0 spiro atoms. The van der Waals surface area contributed by atoms with E-state index in [1.165, 1.54) is 0 Å². The fourth-order valence-corrected chi connectivity index (χ4v) is 1.83. The van der Waals surface area contributed by atoms with Crippen LogP contribution in [-0.2, 0) is 4.74 Å². The second-order valence-corrected chi connectivity index (χ2v) is 4.18. The molecule has 1 heterocycles. The maximum Gasteiger partial charge on any atom is 0.461 e. The summed E-state index contributed by atoms with van der Waals surface area (Å²) in [4.78, 5) is 0.450. The summed E-state index contributed by atoms with van der Waals surface area (Å²) in [6, 6.07) is 6.46. The Balaban J connectivity index is 2.41. The zero-order valence-electron chi connectivity index (χ0n) is 10.9. The Hall–Kier alpha value is -2.15. The van der Waals surface area contributed by atoms with Crippen LogP contribution in [0, 0.1) is 10.4 Å². The van der Waals surface area contributed by atoms with Crippen LogP contribution in [-0.4, -0.2) is 24.9 Å². The molecule has 102 valence electrons. The third-order valence-corrected chi connectivity index (χ3v) is 2.88. The topological polar surface area (TPSA) is 88.0 Å². The first-order valence-corrected chi connectivity index (χ1v) is 6.05. The molecule has 1 unspecified atom stereocenters.